The third-order valence-electron chi connectivity index (χ3n) is 3.15. The lowest BCUT2D eigenvalue weighted by Crippen LogP contribution is -2.34. The Bertz CT molecular complexity index is 386. The van der Waals surface area contributed by atoms with Gasteiger partial charge in [-0.2, -0.15) is 0 Å². The summed E-state index contributed by atoms with van der Waals surface area (Å²) in [4.78, 5) is 11.6. The quantitative estimate of drug-likeness (QED) is 0.782. The molecule has 2 N–H and O–H groups in total. The van der Waals surface area contributed by atoms with Crippen molar-refractivity contribution in [2.45, 2.75) is 26.3 Å². The van der Waals surface area contributed by atoms with E-state index in [1.807, 2.05) is 18.2 Å². The Labute approximate surface area is 103 Å². The SMILES string of the molecule is Cc1ccccc1CNC(=O)CNCC1CC1. The number of nitrogens with one attached hydrogen (secondary N) is 2. The second-order valence-corrected chi connectivity index (χ2v) is 4.78. The van der Waals surface area contributed by atoms with Gasteiger partial charge in [0.05, 0.1) is 6.54 Å². The van der Waals surface area contributed by atoms with Crippen molar-refractivity contribution in [3.63, 3.8) is 0 Å². The highest BCUT2D eigenvalue weighted by molar-refractivity contribution is 5.78. The molecule has 0 spiro atoms. The fourth-order valence-electron chi connectivity index (χ4n) is 1.78. The summed E-state index contributed by atoms with van der Waals surface area (Å²) in [6.45, 7) is 4.10. The van der Waals surface area contributed by atoms with Gasteiger partial charge < -0.3 is 10.6 Å². The number of hydrogen-bond acceptors (Lipinski definition) is 2. The van der Waals surface area contributed by atoms with Gasteiger partial charge in [-0.15, -0.1) is 0 Å². The third-order valence-corrected chi connectivity index (χ3v) is 3.15. The molecule has 0 heterocycles. The summed E-state index contributed by atoms with van der Waals surface area (Å²) >= 11 is 0. The maximum Gasteiger partial charge on any atom is 0.234 e. The van der Waals surface area contributed by atoms with E-state index < -0.39 is 0 Å². The number of rotatable bonds is 6. The van der Waals surface area contributed by atoms with Crippen LogP contribution in [0.15, 0.2) is 24.3 Å². The van der Waals surface area contributed by atoms with Crippen molar-refractivity contribution in [3.8, 4) is 0 Å². The van der Waals surface area contributed by atoms with Crippen molar-refractivity contribution in [1.82, 2.24) is 10.6 Å². The highest BCUT2D eigenvalue weighted by Crippen LogP contribution is 2.27. The van der Waals surface area contributed by atoms with Gasteiger partial charge in [-0.05, 0) is 43.4 Å². The van der Waals surface area contributed by atoms with Crippen molar-refractivity contribution in [1.29, 1.82) is 0 Å². The molecular weight excluding hydrogens is 212 g/mol. The first-order valence-electron chi connectivity index (χ1n) is 6.27. The maximum absolute atomic E-state index is 11.6. The highest BCUT2D eigenvalue weighted by atomic mass is 16.1. The van der Waals surface area contributed by atoms with E-state index in [-0.39, 0.29) is 5.91 Å². The normalized spacial score (nSPS) is 14.6. The van der Waals surface area contributed by atoms with Gasteiger partial charge in [0.1, 0.15) is 0 Å². The van der Waals surface area contributed by atoms with Gasteiger partial charge in [0, 0.05) is 6.54 Å². The van der Waals surface area contributed by atoms with Crippen molar-refractivity contribution in [2.75, 3.05) is 13.1 Å². The highest BCUT2D eigenvalue weighted by Gasteiger charge is 2.20. The molecule has 0 unspecified atom stereocenters. The van der Waals surface area contributed by atoms with Crippen LogP contribution in [0.4, 0.5) is 0 Å². The molecule has 0 bridgehead atoms. The van der Waals surface area contributed by atoms with Gasteiger partial charge in [-0.3, -0.25) is 4.79 Å². The molecule has 1 saturated carbocycles. The molecule has 1 aromatic carbocycles. The molecule has 0 radical (unpaired) electrons. The Morgan fingerprint density at radius 2 is 2.12 bits per heavy atom. The van der Waals surface area contributed by atoms with Gasteiger partial charge in [-0.25, -0.2) is 0 Å². The minimum Gasteiger partial charge on any atom is -0.351 e. The molecule has 0 aliphatic heterocycles. The van der Waals surface area contributed by atoms with Crippen LogP contribution in [-0.2, 0) is 11.3 Å². The minimum atomic E-state index is 0.0777. The molecule has 3 nitrogen and oxygen atoms in total. The van der Waals surface area contributed by atoms with Crippen LogP contribution in [0.25, 0.3) is 0 Å². The molecule has 3 heteroatoms. The summed E-state index contributed by atoms with van der Waals surface area (Å²) in [5.41, 5.74) is 2.40. The number of hydrogen-bond donors (Lipinski definition) is 2. The second kappa shape index (κ2) is 5.82. The molecule has 2 rings (SSSR count). The molecule has 1 fully saturated rings. The Morgan fingerprint density at radius 3 is 2.82 bits per heavy atom. The fourth-order valence-corrected chi connectivity index (χ4v) is 1.78. The molecule has 1 aliphatic carbocycles. The van der Waals surface area contributed by atoms with Gasteiger partial charge in [0.2, 0.25) is 5.91 Å². The molecule has 92 valence electrons. The smallest absolute Gasteiger partial charge is 0.234 e. The number of carbonyl (C=O) groups excluding carboxylic acids is 1. The minimum absolute atomic E-state index is 0.0777. The summed E-state index contributed by atoms with van der Waals surface area (Å²) in [5, 5.41) is 6.12. The first-order chi connectivity index (χ1) is 8.25. The average Bonchev–Trinajstić information content (AvgIpc) is 3.12. The van der Waals surface area contributed by atoms with E-state index >= 15 is 0 Å². The topological polar surface area (TPSA) is 41.1 Å². The lowest BCUT2D eigenvalue weighted by Gasteiger charge is -2.08. The van der Waals surface area contributed by atoms with Crippen molar-refractivity contribution in [2.24, 2.45) is 5.92 Å². The molecule has 0 atom stereocenters. The van der Waals surface area contributed by atoms with Crippen molar-refractivity contribution in [3.05, 3.63) is 35.4 Å². The van der Waals surface area contributed by atoms with Crippen molar-refractivity contribution >= 4 is 5.91 Å². The average molecular weight is 232 g/mol. The van der Waals surface area contributed by atoms with Crippen LogP contribution in [0.2, 0.25) is 0 Å². The molecule has 0 aromatic heterocycles. The maximum atomic E-state index is 11.6. The van der Waals surface area contributed by atoms with E-state index in [4.69, 9.17) is 0 Å². The summed E-state index contributed by atoms with van der Waals surface area (Å²) < 4.78 is 0. The number of benzene rings is 1. The van der Waals surface area contributed by atoms with E-state index in [2.05, 4.69) is 23.6 Å². The van der Waals surface area contributed by atoms with Crippen molar-refractivity contribution < 1.29 is 4.79 Å². The first-order valence-corrected chi connectivity index (χ1v) is 6.27. The van der Waals surface area contributed by atoms with Crippen LogP contribution in [-0.4, -0.2) is 19.0 Å². The number of amides is 1. The van der Waals surface area contributed by atoms with E-state index in [0.717, 1.165) is 12.5 Å². The fraction of sp³-hybridized carbons (Fsp3) is 0.500. The van der Waals surface area contributed by atoms with Crippen LogP contribution in [0.3, 0.4) is 0 Å². The summed E-state index contributed by atoms with van der Waals surface area (Å²) in [7, 11) is 0. The molecule has 1 aromatic rings. The molecule has 0 saturated heterocycles. The summed E-state index contributed by atoms with van der Waals surface area (Å²) in [6, 6.07) is 8.12. The van der Waals surface area contributed by atoms with Gasteiger partial charge in [-0.1, -0.05) is 24.3 Å². The Hall–Kier alpha value is -1.35. The number of carbonyl (C=O) groups is 1. The van der Waals surface area contributed by atoms with E-state index in [0.29, 0.717) is 13.1 Å². The van der Waals surface area contributed by atoms with Crippen LogP contribution in [0, 0.1) is 12.8 Å². The van der Waals surface area contributed by atoms with E-state index in [1.165, 1.54) is 24.0 Å². The predicted molar refractivity (Wildman–Crippen MR) is 68.6 cm³/mol. The monoisotopic (exact) mass is 232 g/mol. The van der Waals surface area contributed by atoms with Gasteiger partial charge in [0.25, 0.3) is 0 Å². The number of aryl methyl sites for hydroxylation is 1. The summed E-state index contributed by atoms with van der Waals surface area (Å²) in [6.07, 6.45) is 2.63. The zero-order valence-electron chi connectivity index (χ0n) is 10.3. The second-order valence-electron chi connectivity index (χ2n) is 4.78. The van der Waals surface area contributed by atoms with E-state index in [9.17, 15) is 4.79 Å². The molecular formula is C14H20N2O. The van der Waals surface area contributed by atoms with Crippen LogP contribution >= 0.6 is 0 Å². The molecule has 1 amide bonds. The Balaban J connectivity index is 1.66. The molecule has 1 aliphatic rings. The van der Waals surface area contributed by atoms with Crippen LogP contribution < -0.4 is 10.6 Å². The molecule has 17 heavy (non-hydrogen) atoms. The summed E-state index contributed by atoms with van der Waals surface area (Å²) in [5.74, 6) is 0.896. The van der Waals surface area contributed by atoms with Crippen LogP contribution in [0.5, 0.6) is 0 Å². The first kappa shape index (κ1) is 12.1. The standard InChI is InChI=1S/C14H20N2O/c1-11-4-2-3-5-13(11)9-16-14(17)10-15-8-12-6-7-12/h2-5,12,15H,6-10H2,1H3,(H,16,17). The lowest BCUT2D eigenvalue weighted by atomic mass is 10.1. The zero-order valence-corrected chi connectivity index (χ0v) is 10.3. The Morgan fingerprint density at radius 1 is 1.35 bits per heavy atom. The predicted octanol–water partition coefficient (Wildman–Crippen LogP) is 1.61. The van der Waals surface area contributed by atoms with Gasteiger partial charge in [0.15, 0.2) is 0 Å². The van der Waals surface area contributed by atoms with E-state index in [1.54, 1.807) is 0 Å². The Kier molecular flexibility index (Phi) is 4.15. The van der Waals surface area contributed by atoms with Crippen LogP contribution in [0.1, 0.15) is 24.0 Å². The largest absolute Gasteiger partial charge is 0.351 e. The lowest BCUT2D eigenvalue weighted by molar-refractivity contribution is -0.120. The van der Waals surface area contributed by atoms with Gasteiger partial charge >= 0.3 is 0 Å². The zero-order chi connectivity index (χ0) is 12.1. The third kappa shape index (κ3) is 4.19.